The van der Waals surface area contributed by atoms with Crippen molar-refractivity contribution in [2.24, 2.45) is 5.73 Å². The fraction of sp³-hybridized carbons (Fsp3) is 0.800. The maximum absolute atomic E-state index is 10.1. The Kier molecular flexibility index (Phi) is 8.05. The van der Waals surface area contributed by atoms with Crippen molar-refractivity contribution in [1.82, 2.24) is 4.90 Å². The molecule has 2 N–H and O–H groups in total. The first kappa shape index (κ1) is 11.8. The van der Waals surface area contributed by atoms with Gasteiger partial charge in [-0.15, -0.1) is 0 Å². The summed E-state index contributed by atoms with van der Waals surface area (Å²) in [6, 6.07) is 0. The molecule has 0 rings (SSSR count). The molecule has 0 spiro atoms. The monoisotopic (exact) mass is 124 g/mol. The molecule has 0 aromatic heterocycles. The van der Waals surface area contributed by atoms with Crippen LogP contribution in [0.5, 0.6) is 0 Å². The summed E-state index contributed by atoms with van der Waals surface area (Å²) in [7, 11) is 3.81. The van der Waals surface area contributed by atoms with E-state index in [1.807, 2.05) is 19.0 Å². The molecular weight excluding hydrogens is 111 g/mol. The molecule has 0 aromatic rings. The zero-order chi connectivity index (χ0) is 6.57. The number of hydrogen-bond acceptors (Lipinski definition) is 2. The molecule has 4 heteroatoms. The van der Waals surface area contributed by atoms with Crippen LogP contribution in [0.15, 0.2) is 0 Å². The molecule has 0 radical (unpaired) electrons. The van der Waals surface area contributed by atoms with Gasteiger partial charge in [-0.25, -0.2) is 0 Å². The molecule has 0 aliphatic carbocycles. The molecule has 1 amide bonds. The molecule has 0 unspecified atom stereocenters. The van der Waals surface area contributed by atoms with Crippen LogP contribution in [0.4, 0.5) is 0 Å². The Bertz CT molecular complexity index is 85.0. The molecule has 0 saturated carbocycles. The molecular formula is C5H13LiN2O. The molecule has 0 bridgehead atoms. The number of amides is 1. The van der Waals surface area contributed by atoms with Crippen molar-refractivity contribution in [3.63, 3.8) is 0 Å². The maximum atomic E-state index is 10.1. The minimum absolute atomic E-state index is 0. The van der Waals surface area contributed by atoms with Crippen molar-refractivity contribution in [2.45, 2.75) is 6.42 Å². The van der Waals surface area contributed by atoms with E-state index in [4.69, 9.17) is 5.73 Å². The standard InChI is InChI=1S/C5H12N2O.Li.H/c1-7(2)4-3-5(6)8;;/h3-4H2,1-2H3,(H2,6,8);;. The van der Waals surface area contributed by atoms with Gasteiger partial charge < -0.3 is 10.6 Å². The molecule has 0 heterocycles. The van der Waals surface area contributed by atoms with Crippen LogP contribution in [0.3, 0.4) is 0 Å². The van der Waals surface area contributed by atoms with Gasteiger partial charge in [0, 0.05) is 13.0 Å². The van der Waals surface area contributed by atoms with Crippen molar-refractivity contribution in [3.05, 3.63) is 0 Å². The van der Waals surface area contributed by atoms with Crippen molar-refractivity contribution < 1.29 is 4.79 Å². The first-order valence-electron chi connectivity index (χ1n) is 2.56. The van der Waals surface area contributed by atoms with Crippen LogP contribution < -0.4 is 5.73 Å². The summed E-state index contributed by atoms with van der Waals surface area (Å²) in [6.45, 7) is 0.745. The second kappa shape index (κ2) is 6.15. The van der Waals surface area contributed by atoms with Gasteiger partial charge in [0.1, 0.15) is 0 Å². The normalized spacial score (nSPS) is 8.78. The molecule has 0 atom stereocenters. The van der Waals surface area contributed by atoms with Crippen LogP contribution in [-0.2, 0) is 4.79 Å². The number of hydrogen-bond donors (Lipinski definition) is 1. The van der Waals surface area contributed by atoms with Crippen molar-refractivity contribution in [2.75, 3.05) is 20.6 Å². The Labute approximate surface area is 67.8 Å². The van der Waals surface area contributed by atoms with Gasteiger partial charge in [-0.3, -0.25) is 4.79 Å². The number of carbonyl (C=O) groups excluding carboxylic acids is 1. The van der Waals surface area contributed by atoms with Gasteiger partial charge in [0.05, 0.1) is 0 Å². The number of rotatable bonds is 3. The van der Waals surface area contributed by atoms with Crippen LogP contribution >= 0.6 is 0 Å². The summed E-state index contributed by atoms with van der Waals surface area (Å²) in [6.07, 6.45) is 0.451. The van der Waals surface area contributed by atoms with E-state index in [9.17, 15) is 4.79 Å². The second-order valence-electron chi connectivity index (χ2n) is 2.02. The molecule has 0 aliphatic heterocycles. The van der Waals surface area contributed by atoms with Crippen LogP contribution in [0, 0.1) is 0 Å². The fourth-order valence-electron chi connectivity index (χ4n) is 0.334. The summed E-state index contributed by atoms with van der Waals surface area (Å²) in [5.74, 6) is -0.237. The van der Waals surface area contributed by atoms with Gasteiger partial charge in [0.25, 0.3) is 0 Å². The topological polar surface area (TPSA) is 46.3 Å². The first-order chi connectivity index (χ1) is 3.63. The van der Waals surface area contributed by atoms with Crippen molar-refractivity contribution in [3.8, 4) is 0 Å². The minimum atomic E-state index is -0.237. The van der Waals surface area contributed by atoms with Crippen molar-refractivity contribution in [1.29, 1.82) is 0 Å². The number of nitrogens with two attached hydrogens (primary N) is 1. The van der Waals surface area contributed by atoms with Gasteiger partial charge in [-0.1, -0.05) is 0 Å². The zero-order valence-electron chi connectivity index (χ0n) is 5.35. The molecule has 9 heavy (non-hydrogen) atoms. The fourth-order valence-corrected chi connectivity index (χ4v) is 0.334. The van der Waals surface area contributed by atoms with Crippen LogP contribution in [0.2, 0.25) is 0 Å². The second-order valence-corrected chi connectivity index (χ2v) is 2.02. The molecule has 0 aliphatic rings. The van der Waals surface area contributed by atoms with Gasteiger partial charge in [-0.2, -0.15) is 0 Å². The number of carbonyl (C=O) groups is 1. The molecule has 0 aromatic carbocycles. The van der Waals surface area contributed by atoms with E-state index in [1.165, 1.54) is 0 Å². The van der Waals surface area contributed by atoms with E-state index in [0.29, 0.717) is 6.42 Å². The Morgan fingerprint density at radius 1 is 1.56 bits per heavy atom. The number of nitrogens with zero attached hydrogens (tertiary/aromatic N) is 1. The Morgan fingerprint density at radius 2 is 2.00 bits per heavy atom. The van der Waals surface area contributed by atoms with Crippen LogP contribution in [0.25, 0.3) is 0 Å². The van der Waals surface area contributed by atoms with E-state index >= 15 is 0 Å². The van der Waals surface area contributed by atoms with E-state index in [2.05, 4.69) is 0 Å². The predicted octanol–water partition coefficient (Wildman–Crippen LogP) is -1.23. The summed E-state index contributed by atoms with van der Waals surface area (Å²) < 4.78 is 0. The Morgan fingerprint density at radius 3 is 2.11 bits per heavy atom. The van der Waals surface area contributed by atoms with E-state index in [1.54, 1.807) is 0 Å². The average molecular weight is 124 g/mol. The van der Waals surface area contributed by atoms with Gasteiger partial charge >= 0.3 is 18.9 Å². The van der Waals surface area contributed by atoms with Crippen molar-refractivity contribution >= 4 is 24.8 Å². The number of primary amides is 1. The summed E-state index contributed by atoms with van der Waals surface area (Å²) in [4.78, 5) is 12.0. The zero-order valence-corrected chi connectivity index (χ0v) is 5.35. The third-order valence-corrected chi connectivity index (χ3v) is 0.805. The molecule has 0 fully saturated rings. The molecule has 50 valence electrons. The van der Waals surface area contributed by atoms with Crippen LogP contribution in [-0.4, -0.2) is 50.3 Å². The van der Waals surface area contributed by atoms with Gasteiger partial charge in [-0.05, 0) is 14.1 Å². The summed E-state index contributed by atoms with van der Waals surface area (Å²) >= 11 is 0. The quantitative estimate of drug-likeness (QED) is 0.479. The molecule has 3 nitrogen and oxygen atoms in total. The average Bonchev–Trinajstić information content (AvgIpc) is 1.61. The SMILES string of the molecule is CN(C)CCC(N)=O.[LiH]. The van der Waals surface area contributed by atoms with Crippen LogP contribution in [0.1, 0.15) is 6.42 Å². The Hall–Kier alpha value is 0.0274. The first-order valence-corrected chi connectivity index (χ1v) is 2.56. The molecule has 0 saturated heterocycles. The van der Waals surface area contributed by atoms with E-state index in [-0.39, 0.29) is 24.8 Å². The summed E-state index contributed by atoms with van der Waals surface area (Å²) in [5, 5.41) is 0. The van der Waals surface area contributed by atoms with Gasteiger partial charge in [0.2, 0.25) is 5.91 Å². The Balaban J connectivity index is 0. The third kappa shape index (κ3) is 11.5. The van der Waals surface area contributed by atoms with Gasteiger partial charge in [0.15, 0.2) is 0 Å². The predicted molar refractivity (Wildman–Crippen MR) is 39.5 cm³/mol. The van der Waals surface area contributed by atoms with E-state index < -0.39 is 0 Å². The van der Waals surface area contributed by atoms with E-state index in [0.717, 1.165) is 6.54 Å². The third-order valence-electron chi connectivity index (χ3n) is 0.805. The summed E-state index contributed by atoms with van der Waals surface area (Å²) in [5.41, 5.74) is 4.88.